The summed E-state index contributed by atoms with van der Waals surface area (Å²) >= 11 is 0. The van der Waals surface area contributed by atoms with Crippen LogP contribution in [-0.2, 0) is 11.3 Å². The molecule has 1 aromatic carbocycles. The fourth-order valence-corrected chi connectivity index (χ4v) is 2.15. The van der Waals surface area contributed by atoms with Gasteiger partial charge in [0, 0.05) is 31.6 Å². The second kappa shape index (κ2) is 7.22. The van der Waals surface area contributed by atoms with Crippen LogP contribution in [0.3, 0.4) is 0 Å². The van der Waals surface area contributed by atoms with Gasteiger partial charge in [-0.3, -0.25) is 0 Å². The summed E-state index contributed by atoms with van der Waals surface area (Å²) in [6.45, 7) is 8.01. The van der Waals surface area contributed by atoms with E-state index in [9.17, 15) is 4.39 Å². The lowest BCUT2D eigenvalue weighted by atomic mass is 10.2. The number of hydrogen-bond acceptors (Lipinski definition) is 3. The summed E-state index contributed by atoms with van der Waals surface area (Å²) in [6, 6.07) is 4.97. The molecule has 0 aliphatic carbocycles. The number of benzene rings is 1. The van der Waals surface area contributed by atoms with Crippen molar-refractivity contribution in [1.29, 1.82) is 0 Å². The summed E-state index contributed by atoms with van der Waals surface area (Å²) in [5.74, 6) is 0.576. The highest BCUT2D eigenvalue weighted by Gasteiger charge is 2.07. The zero-order valence-electron chi connectivity index (χ0n) is 12.8. The van der Waals surface area contributed by atoms with E-state index in [0.29, 0.717) is 5.56 Å². The number of nitrogens with one attached hydrogen (secondary N) is 1. The molecule has 0 unspecified atom stereocenters. The molecule has 0 atom stereocenters. The van der Waals surface area contributed by atoms with Crippen LogP contribution in [0.1, 0.15) is 24.6 Å². The van der Waals surface area contributed by atoms with Gasteiger partial charge in [0.25, 0.3) is 0 Å². The molecule has 1 heterocycles. The van der Waals surface area contributed by atoms with Crippen molar-refractivity contribution < 1.29 is 9.13 Å². The van der Waals surface area contributed by atoms with E-state index in [1.54, 1.807) is 19.1 Å². The maximum atomic E-state index is 13.3. The van der Waals surface area contributed by atoms with Crippen LogP contribution in [0.15, 0.2) is 24.4 Å². The van der Waals surface area contributed by atoms with E-state index in [4.69, 9.17) is 4.74 Å². The van der Waals surface area contributed by atoms with Gasteiger partial charge in [-0.15, -0.1) is 0 Å². The Labute approximate surface area is 125 Å². The van der Waals surface area contributed by atoms with Gasteiger partial charge in [0.2, 0.25) is 5.95 Å². The van der Waals surface area contributed by atoms with Crippen molar-refractivity contribution in [3.63, 3.8) is 0 Å². The third-order valence-electron chi connectivity index (χ3n) is 3.20. The first-order chi connectivity index (χ1) is 10.1. The highest BCUT2D eigenvalue weighted by molar-refractivity contribution is 5.55. The molecular weight excluding hydrogens is 269 g/mol. The number of hydrogen-bond donors (Lipinski definition) is 1. The third-order valence-corrected chi connectivity index (χ3v) is 3.20. The molecule has 0 aliphatic rings. The largest absolute Gasteiger partial charge is 0.382 e. The second-order valence-corrected chi connectivity index (χ2v) is 5.04. The molecule has 0 amide bonds. The Morgan fingerprint density at radius 2 is 2.14 bits per heavy atom. The molecule has 0 spiro atoms. The number of aryl methyl sites for hydroxylation is 3. The third kappa shape index (κ3) is 4.29. The van der Waals surface area contributed by atoms with Crippen molar-refractivity contribution in [3.05, 3.63) is 41.5 Å². The standard InChI is InChI=1S/C16H22FN3O/c1-4-21-9-5-8-20-11-13(3)18-16(20)19-14-6-7-15(17)12(2)10-14/h6-7,10-11H,4-5,8-9H2,1-3H3,(H,18,19). The lowest BCUT2D eigenvalue weighted by molar-refractivity contribution is 0.142. The van der Waals surface area contributed by atoms with Gasteiger partial charge >= 0.3 is 0 Å². The fraction of sp³-hybridized carbons (Fsp3) is 0.438. The number of nitrogens with zero attached hydrogens (tertiary/aromatic N) is 2. The van der Waals surface area contributed by atoms with E-state index in [-0.39, 0.29) is 5.82 Å². The van der Waals surface area contributed by atoms with Crippen LogP contribution in [0, 0.1) is 19.7 Å². The SMILES string of the molecule is CCOCCCn1cc(C)nc1Nc1ccc(F)c(C)c1. The molecule has 0 radical (unpaired) electrons. The van der Waals surface area contributed by atoms with E-state index in [2.05, 4.69) is 14.9 Å². The van der Waals surface area contributed by atoms with E-state index in [0.717, 1.165) is 43.5 Å². The minimum Gasteiger partial charge on any atom is -0.382 e. The topological polar surface area (TPSA) is 39.1 Å². The summed E-state index contributed by atoms with van der Waals surface area (Å²) in [5, 5.41) is 3.25. The fourth-order valence-electron chi connectivity index (χ4n) is 2.15. The molecule has 0 aliphatic heterocycles. The van der Waals surface area contributed by atoms with Gasteiger partial charge in [-0.25, -0.2) is 9.37 Å². The zero-order valence-corrected chi connectivity index (χ0v) is 12.8. The number of anilines is 2. The molecule has 1 aromatic heterocycles. The molecular formula is C16H22FN3O. The van der Waals surface area contributed by atoms with Crippen LogP contribution in [0.4, 0.5) is 16.0 Å². The number of rotatable bonds is 7. The van der Waals surface area contributed by atoms with Crippen LogP contribution in [0.2, 0.25) is 0 Å². The molecule has 0 saturated carbocycles. The van der Waals surface area contributed by atoms with Crippen LogP contribution >= 0.6 is 0 Å². The van der Waals surface area contributed by atoms with Gasteiger partial charge in [-0.1, -0.05) is 0 Å². The Morgan fingerprint density at radius 3 is 2.86 bits per heavy atom. The average molecular weight is 291 g/mol. The van der Waals surface area contributed by atoms with Gasteiger partial charge in [0.05, 0.1) is 5.69 Å². The Hall–Kier alpha value is -1.88. The molecule has 114 valence electrons. The lowest BCUT2D eigenvalue weighted by Crippen LogP contribution is -2.06. The average Bonchev–Trinajstić information content (AvgIpc) is 2.79. The molecule has 0 bridgehead atoms. The van der Waals surface area contributed by atoms with Crippen molar-refractivity contribution >= 4 is 11.6 Å². The molecule has 5 heteroatoms. The van der Waals surface area contributed by atoms with Crippen LogP contribution in [0.25, 0.3) is 0 Å². The summed E-state index contributed by atoms with van der Waals surface area (Å²) in [4.78, 5) is 4.47. The molecule has 0 saturated heterocycles. The quantitative estimate of drug-likeness (QED) is 0.788. The van der Waals surface area contributed by atoms with Crippen LogP contribution < -0.4 is 5.32 Å². The Bertz CT molecular complexity index is 595. The molecule has 21 heavy (non-hydrogen) atoms. The smallest absolute Gasteiger partial charge is 0.207 e. The summed E-state index contributed by atoms with van der Waals surface area (Å²) in [6.07, 6.45) is 2.94. The van der Waals surface area contributed by atoms with E-state index in [1.165, 1.54) is 6.07 Å². The van der Waals surface area contributed by atoms with Crippen molar-refractivity contribution in [2.45, 2.75) is 33.7 Å². The molecule has 2 rings (SSSR count). The van der Waals surface area contributed by atoms with E-state index in [1.807, 2.05) is 20.0 Å². The molecule has 2 aromatic rings. The first-order valence-corrected chi connectivity index (χ1v) is 7.25. The van der Waals surface area contributed by atoms with Gasteiger partial charge in [-0.2, -0.15) is 0 Å². The van der Waals surface area contributed by atoms with E-state index >= 15 is 0 Å². The lowest BCUT2D eigenvalue weighted by Gasteiger charge is -2.10. The zero-order chi connectivity index (χ0) is 15.2. The summed E-state index contributed by atoms with van der Waals surface area (Å²) < 4.78 is 20.7. The summed E-state index contributed by atoms with van der Waals surface area (Å²) in [7, 11) is 0. The minimum absolute atomic E-state index is 0.197. The predicted molar refractivity (Wildman–Crippen MR) is 82.5 cm³/mol. The van der Waals surface area contributed by atoms with Crippen molar-refractivity contribution in [2.75, 3.05) is 18.5 Å². The van der Waals surface area contributed by atoms with Gasteiger partial charge in [0.1, 0.15) is 5.82 Å². The minimum atomic E-state index is -0.197. The number of ether oxygens (including phenoxy) is 1. The first-order valence-electron chi connectivity index (χ1n) is 7.25. The van der Waals surface area contributed by atoms with Gasteiger partial charge < -0.3 is 14.6 Å². The number of halogens is 1. The van der Waals surface area contributed by atoms with Crippen molar-refractivity contribution in [3.8, 4) is 0 Å². The van der Waals surface area contributed by atoms with E-state index < -0.39 is 0 Å². The Morgan fingerprint density at radius 1 is 1.33 bits per heavy atom. The molecule has 0 fully saturated rings. The number of aromatic nitrogens is 2. The normalized spacial score (nSPS) is 10.9. The highest BCUT2D eigenvalue weighted by Crippen LogP contribution is 2.19. The predicted octanol–water partition coefficient (Wildman–Crippen LogP) is 3.81. The summed E-state index contributed by atoms with van der Waals surface area (Å²) in [5.41, 5.74) is 2.41. The maximum absolute atomic E-state index is 13.3. The Balaban J connectivity index is 2.06. The monoisotopic (exact) mass is 291 g/mol. The van der Waals surface area contributed by atoms with Gasteiger partial charge in [-0.05, 0) is 51.0 Å². The van der Waals surface area contributed by atoms with Crippen molar-refractivity contribution in [2.24, 2.45) is 0 Å². The van der Waals surface area contributed by atoms with Crippen LogP contribution in [-0.4, -0.2) is 22.8 Å². The second-order valence-electron chi connectivity index (χ2n) is 5.04. The Kier molecular flexibility index (Phi) is 5.33. The first kappa shape index (κ1) is 15.5. The number of imidazole rings is 1. The van der Waals surface area contributed by atoms with Gasteiger partial charge in [0.15, 0.2) is 0 Å². The molecule has 1 N–H and O–H groups in total. The van der Waals surface area contributed by atoms with Crippen LogP contribution in [0.5, 0.6) is 0 Å². The highest BCUT2D eigenvalue weighted by atomic mass is 19.1. The molecule has 4 nitrogen and oxygen atoms in total. The maximum Gasteiger partial charge on any atom is 0.207 e. The van der Waals surface area contributed by atoms with Crippen molar-refractivity contribution in [1.82, 2.24) is 9.55 Å².